The molecule has 0 saturated carbocycles. The number of piperidine rings is 1. The highest BCUT2D eigenvalue weighted by Crippen LogP contribution is 2.36. The van der Waals surface area contributed by atoms with E-state index in [0.29, 0.717) is 25.9 Å². The number of anilines is 1. The Morgan fingerprint density at radius 1 is 1.29 bits per heavy atom. The number of benzene rings is 1. The molecule has 0 unspecified atom stereocenters. The first kappa shape index (κ1) is 17.9. The highest BCUT2D eigenvalue weighted by molar-refractivity contribution is 9.10. The molecule has 0 radical (unpaired) electrons. The largest absolute Gasteiger partial charge is 0.309 e. The molecule has 132 valence electrons. The standard InChI is InChI=1S/C17H23BrN2O3S/c1-3-24(22,23)19-8-6-13(7-9-19)17(21)20-12(2)10-14-11-15(18)4-5-16(14)20/h4-5,11-13H,3,6-10H2,1-2H3/t12-/m1/s1. The second-order valence-electron chi connectivity index (χ2n) is 6.61. The summed E-state index contributed by atoms with van der Waals surface area (Å²) in [5.74, 6) is 0.166. The maximum absolute atomic E-state index is 13.0. The van der Waals surface area contributed by atoms with E-state index in [-0.39, 0.29) is 23.6 Å². The van der Waals surface area contributed by atoms with Gasteiger partial charge in [-0.15, -0.1) is 0 Å². The lowest BCUT2D eigenvalue weighted by atomic mass is 9.96. The number of nitrogens with zero attached hydrogens (tertiary/aromatic N) is 2. The van der Waals surface area contributed by atoms with Gasteiger partial charge in [0.05, 0.1) is 5.75 Å². The molecule has 2 aliphatic rings. The van der Waals surface area contributed by atoms with Crippen molar-refractivity contribution in [2.75, 3.05) is 23.7 Å². The smallest absolute Gasteiger partial charge is 0.230 e. The Labute approximate surface area is 152 Å². The quantitative estimate of drug-likeness (QED) is 0.763. The molecular formula is C17H23BrN2O3S. The molecule has 24 heavy (non-hydrogen) atoms. The minimum absolute atomic E-state index is 0.0923. The molecule has 7 heteroatoms. The van der Waals surface area contributed by atoms with Crippen molar-refractivity contribution < 1.29 is 13.2 Å². The van der Waals surface area contributed by atoms with Crippen molar-refractivity contribution in [3.05, 3.63) is 28.2 Å². The van der Waals surface area contributed by atoms with Gasteiger partial charge in [-0.1, -0.05) is 15.9 Å². The predicted molar refractivity (Wildman–Crippen MR) is 98.6 cm³/mol. The van der Waals surface area contributed by atoms with Crippen molar-refractivity contribution >= 4 is 37.5 Å². The topological polar surface area (TPSA) is 57.7 Å². The van der Waals surface area contributed by atoms with Gasteiger partial charge in [0.1, 0.15) is 0 Å². The Bertz CT molecular complexity index is 742. The van der Waals surface area contributed by atoms with Gasteiger partial charge in [-0.25, -0.2) is 12.7 Å². The van der Waals surface area contributed by atoms with Crippen LogP contribution in [0.2, 0.25) is 0 Å². The normalized spacial score (nSPS) is 22.6. The molecule has 1 aromatic carbocycles. The van der Waals surface area contributed by atoms with E-state index >= 15 is 0 Å². The highest BCUT2D eigenvalue weighted by atomic mass is 79.9. The number of hydrogen-bond acceptors (Lipinski definition) is 3. The SMILES string of the molecule is CCS(=O)(=O)N1CCC(C(=O)N2c3ccc(Br)cc3C[C@H]2C)CC1. The zero-order chi connectivity index (χ0) is 17.5. The Morgan fingerprint density at radius 3 is 2.58 bits per heavy atom. The summed E-state index contributed by atoms with van der Waals surface area (Å²) in [5.41, 5.74) is 2.19. The van der Waals surface area contributed by atoms with E-state index in [1.165, 1.54) is 9.87 Å². The summed E-state index contributed by atoms with van der Waals surface area (Å²) in [6.07, 6.45) is 2.07. The summed E-state index contributed by atoms with van der Waals surface area (Å²) in [6, 6.07) is 6.19. The maximum Gasteiger partial charge on any atom is 0.230 e. The van der Waals surface area contributed by atoms with E-state index in [0.717, 1.165) is 16.6 Å². The summed E-state index contributed by atoms with van der Waals surface area (Å²) >= 11 is 3.48. The molecular weight excluding hydrogens is 392 g/mol. The van der Waals surface area contributed by atoms with E-state index in [4.69, 9.17) is 0 Å². The molecule has 1 atom stereocenters. The van der Waals surface area contributed by atoms with Crippen LogP contribution in [-0.4, -0.2) is 43.5 Å². The van der Waals surface area contributed by atoms with Crippen molar-refractivity contribution in [3.63, 3.8) is 0 Å². The third kappa shape index (κ3) is 3.26. The number of sulfonamides is 1. The average Bonchev–Trinajstić information content (AvgIpc) is 2.89. The molecule has 0 aromatic heterocycles. The van der Waals surface area contributed by atoms with Crippen LogP contribution in [0.4, 0.5) is 5.69 Å². The lowest BCUT2D eigenvalue weighted by molar-refractivity contribution is -0.123. The van der Waals surface area contributed by atoms with Crippen LogP contribution in [0.1, 0.15) is 32.3 Å². The van der Waals surface area contributed by atoms with Gasteiger partial charge in [0.25, 0.3) is 0 Å². The molecule has 1 aromatic rings. The van der Waals surface area contributed by atoms with E-state index in [1.807, 2.05) is 17.0 Å². The van der Waals surface area contributed by atoms with Crippen LogP contribution in [0, 0.1) is 5.92 Å². The third-order valence-corrected chi connectivity index (χ3v) is 7.43. The fourth-order valence-electron chi connectivity index (χ4n) is 3.70. The number of amides is 1. The van der Waals surface area contributed by atoms with Gasteiger partial charge < -0.3 is 4.90 Å². The predicted octanol–water partition coefficient (Wildman–Crippen LogP) is 2.79. The van der Waals surface area contributed by atoms with Crippen molar-refractivity contribution in [2.45, 2.75) is 39.2 Å². The van der Waals surface area contributed by atoms with Crippen LogP contribution in [0.3, 0.4) is 0 Å². The molecule has 0 spiro atoms. The van der Waals surface area contributed by atoms with Gasteiger partial charge in [0.15, 0.2) is 0 Å². The summed E-state index contributed by atoms with van der Waals surface area (Å²) in [6.45, 7) is 4.63. The fraction of sp³-hybridized carbons (Fsp3) is 0.588. The maximum atomic E-state index is 13.0. The molecule has 0 bridgehead atoms. The zero-order valence-corrected chi connectivity index (χ0v) is 16.4. The van der Waals surface area contributed by atoms with E-state index in [9.17, 15) is 13.2 Å². The summed E-state index contributed by atoms with van der Waals surface area (Å²) < 4.78 is 26.5. The highest BCUT2D eigenvalue weighted by Gasteiger charge is 2.37. The first-order valence-electron chi connectivity index (χ1n) is 8.43. The Balaban J connectivity index is 1.73. The van der Waals surface area contributed by atoms with Crippen LogP contribution >= 0.6 is 15.9 Å². The van der Waals surface area contributed by atoms with E-state index in [1.54, 1.807) is 6.92 Å². The van der Waals surface area contributed by atoms with Crippen molar-refractivity contribution in [2.24, 2.45) is 5.92 Å². The van der Waals surface area contributed by atoms with Gasteiger partial charge in [0, 0.05) is 35.2 Å². The molecule has 1 fully saturated rings. The number of rotatable bonds is 3. The fourth-order valence-corrected chi connectivity index (χ4v) is 5.24. The van der Waals surface area contributed by atoms with Crippen molar-refractivity contribution in [3.8, 4) is 0 Å². The first-order chi connectivity index (χ1) is 11.3. The Hall–Kier alpha value is -0.920. The lowest BCUT2D eigenvalue weighted by Gasteiger charge is -2.33. The second kappa shape index (κ2) is 6.77. The molecule has 0 aliphatic carbocycles. The molecule has 3 rings (SSSR count). The van der Waals surface area contributed by atoms with Crippen molar-refractivity contribution in [1.29, 1.82) is 0 Å². The van der Waals surface area contributed by atoms with Crippen LogP contribution in [0.5, 0.6) is 0 Å². The van der Waals surface area contributed by atoms with E-state index < -0.39 is 10.0 Å². The van der Waals surface area contributed by atoms with Crippen LogP contribution in [0.15, 0.2) is 22.7 Å². The molecule has 1 amide bonds. The zero-order valence-electron chi connectivity index (χ0n) is 14.0. The second-order valence-corrected chi connectivity index (χ2v) is 9.78. The molecule has 5 nitrogen and oxygen atoms in total. The van der Waals surface area contributed by atoms with Gasteiger partial charge in [-0.05, 0) is 56.9 Å². The minimum Gasteiger partial charge on any atom is -0.309 e. The third-order valence-electron chi connectivity index (χ3n) is 5.06. The van der Waals surface area contributed by atoms with Gasteiger partial charge >= 0.3 is 0 Å². The summed E-state index contributed by atoms with van der Waals surface area (Å²) in [5, 5.41) is 0. The Morgan fingerprint density at radius 2 is 1.96 bits per heavy atom. The monoisotopic (exact) mass is 414 g/mol. The van der Waals surface area contributed by atoms with Gasteiger partial charge in [-0.3, -0.25) is 4.79 Å². The molecule has 1 saturated heterocycles. The number of carbonyl (C=O) groups excluding carboxylic acids is 1. The van der Waals surface area contributed by atoms with Crippen molar-refractivity contribution in [1.82, 2.24) is 4.31 Å². The van der Waals surface area contributed by atoms with Crippen LogP contribution in [-0.2, 0) is 21.2 Å². The number of halogens is 1. The molecule has 0 N–H and O–H groups in total. The molecule has 2 heterocycles. The van der Waals surface area contributed by atoms with Gasteiger partial charge in [0.2, 0.25) is 15.9 Å². The average molecular weight is 415 g/mol. The summed E-state index contributed by atoms with van der Waals surface area (Å²) in [7, 11) is -3.15. The van der Waals surface area contributed by atoms with E-state index in [2.05, 4.69) is 28.9 Å². The first-order valence-corrected chi connectivity index (χ1v) is 10.8. The number of carbonyl (C=O) groups is 1. The summed E-state index contributed by atoms with van der Waals surface area (Å²) in [4.78, 5) is 14.9. The number of hydrogen-bond donors (Lipinski definition) is 0. The Kier molecular flexibility index (Phi) is 5.04. The van der Waals surface area contributed by atoms with Gasteiger partial charge in [-0.2, -0.15) is 0 Å². The number of fused-ring (bicyclic) bond motifs is 1. The lowest BCUT2D eigenvalue weighted by Crippen LogP contribution is -2.46. The van der Waals surface area contributed by atoms with Crippen LogP contribution in [0.25, 0.3) is 0 Å². The minimum atomic E-state index is -3.15. The molecule has 2 aliphatic heterocycles. The van der Waals surface area contributed by atoms with Crippen LogP contribution < -0.4 is 4.90 Å².